The molecule has 0 aliphatic heterocycles. The van der Waals surface area contributed by atoms with Crippen LogP contribution in [0.25, 0.3) is 0 Å². The monoisotopic (exact) mass is 293 g/mol. The zero-order chi connectivity index (χ0) is 14.6. The average molecular weight is 293 g/mol. The molecule has 0 saturated heterocycles. The van der Waals surface area contributed by atoms with E-state index in [1.54, 1.807) is 0 Å². The van der Waals surface area contributed by atoms with Crippen molar-refractivity contribution >= 4 is 15.7 Å². The lowest BCUT2D eigenvalue weighted by Gasteiger charge is -2.11. The van der Waals surface area contributed by atoms with Gasteiger partial charge >= 0.3 is 0 Å². The number of nitrogens with two attached hydrogens (primary N) is 1. The molecule has 0 aromatic heterocycles. The smallest absolute Gasteiger partial charge is 0.243 e. The Labute approximate surface area is 111 Å². The van der Waals surface area contributed by atoms with Gasteiger partial charge in [-0.25, -0.2) is 21.9 Å². The van der Waals surface area contributed by atoms with Gasteiger partial charge in [0.15, 0.2) is 0 Å². The van der Waals surface area contributed by atoms with Crippen molar-refractivity contribution in [3.63, 3.8) is 0 Å². The maximum Gasteiger partial charge on any atom is 0.243 e. The maximum absolute atomic E-state index is 13.4. The minimum atomic E-state index is -4.02. The first-order valence-corrected chi connectivity index (χ1v) is 7.11. The summed E-state index contributed by atoms with van der Waals surface area (Å²) in [7, 11) is -0.306. The second-order valence-electron chi connectivity index (χ2n) is 4.36. The molecule has 108 valence electrons. The van der Waals surface area contributed by atoms with Gasteiger partial charge in [-0.15, -0.1) is 0 Å². The average Bonchev–Trinajstić information content (AvgIpc) is 2.29. The van der Waals surface area contributed by atoms with Crippen molar-refractivity contribution in [2.24, 2.45) is 0 Å². The minimum Gasteiger partial charge on any atom is -0.396 e. The lowest BCUT2D eigenvalue weighted by atomic mass is 10.3. The van der Waals surface area contributed by atoms with Gasteiger partial charge in [0.05, 0.1) is 5.69 Å². The first-order valence-electron chi connectivity index (χ1n) is 5.63. The van der Waals surface area contributed by atoms with Crippen LogP contribution in [0.2, 0.25) is 0 Å². The highest BCUT2D eigenvalue weighted by Crippen LogP contribution is 2.20. The Hall–Kier alpha value is -1.25. The fourth-order valence-electron chi connectivity index (χ4n) is 1.43. The molecule has 1 rings (SSSR count). The molecule has 0 fully saturated rings. The second-order valence-corrected chi connectivity index (χ2v) is 6.09. The van der Waals surface area contributed by atoms with Gasteiger partial charge in [0.1, 0.15) is 16.5 Å². The summed E-state index contributed by atoms with van der Waals surface area (Å²) in [5, 5.41) is 0. The molecule has 1 aromatic rings. The van der Waals surface area contributed by atoms with Crippen molar-refractivity contribution in [3.8, 4) is 0 Å². The van der Waals surface area contributed by atoms with Crippen LogP contribution in [0, 0.1) is 11.6 Å². The molecule has 5 nitrogen and oxygen atoms in total. The summed E-state index contributed by atoms with van der Waals surface area (Å²) in [6.45, 7) is 0.855. The Kier molecular flexibility index (Phi) is 5.21. The van der Waals surface area contributed by atoms with Crippen LogP contribution in [0.3, 0.4) is 0 Å². The molecule has 0 amide bonds. The Balaban J connectivity index is 2.80. The molecule has 8 heteroatoms. The number of nitrogen functional groups attached to an aromatic ring is 1. The minimum absolute atomic E-state index is 0.164. The van der Waals surface area contributed by atoms with Crippen LogP contribution in [0.5, 0.6) is 0 Å². The Bertz CT molecular complexity index is 547. The quantitative estimate of drug-likeness (QED) is 0.600. The van der Waals surface area contributed by atoms with Crippen LogP contribution >= 0.6 is 0 Å². The molecule has 0 atom stereocenters. The molecular weight excluding hydrogens is 276 g/mol. The van der Waals surface area contributed by atoms with Crippen molar-refractivity contribution in [2.75, 3.05) is 32.9 Å². The molecular formula is C11H17F2N3O2S. The van der Waals surface area contributed by atoms with E-state index in [0.29, 0.717) is 19.0 Å². The van der Waals surface area contributed by atoms with Gasteiger partial charge in [-0.1, -0.05) is 0 Å². The third-order valence-corrected chi connectivity index (χ3v) is 3.89. The van der Waals surface area contributed by atoms with E-state index in [1.807, 2.05) is 19.0 Å². The number of sulfonamides is 1. The standard InChI is InChI=1S/C11H17F2N3O2S/c1-16(2)5-3-4-15-19(17,18)11-7-10(14)8(12)6-9(11)13/h6-7,15H,3-5,14H2,1-2H3. The van der Waals surface area contributed by atoms with Crippen LogP contribution in [-0.4, -0.2) is 40.5 Å². The lowest BCUT2D eigenvalue weighted by molar-refractivity contribution is 0.400. The first-order chi connectivity index (χ1) is 8.74. The largest absolute Gasteiger partial charge is 0.396 e. The Morgan fingerprint density at radius 2 is 1.89 bits per heavy atom. The number of anilines is 1. The molecule has 19 heavy (non-hydrogen) atoms. The molecule has 0 aliphatic rings. The van der Waals surface area contributed by atoms with Crippen molar-refractivity contribution in [2.45, 2.75) is 11.3 Å². The van der Waals surface area contributed by atoms with Gasteiger partial charge in [-0.3, -0.25) is 0 Å². The molecule has 0 unspecified atom stereocenters. The van der Waals surface area contributed by atoms with Crippen molar-refractivity contribution in [1.29, 1.82) is 0 Å². The zero-order valence-electron chi connectivity index (χ0n) is 10.8. The Morgan fingerprint density at radius 3 is 2.47 bits per heavy atom. The van der Waals surface area contributed by atoms with E-state index in [4.69, 9.17) is 5.73 Å². The summed E-state index contributed by atoms with van der Waals surface area (Å²) < 4.78 is 52.3. The summed E-state index contributed by atoms with van der Waals surface area (Å²) in [6.07, 6.45) is 0.574. The third kappa shape index (κ3) is 4.41. The SMILES string of the molecule is CN(C)CCCNS(=O)(=O)c1cc(N)c(F)cc1F. The summed E-state index contributed by atoms with van der Waals surface area (Å²) in [5.74, 6) is -2.14. The molecule has 0 aliphatic carbocycles. The van der Waals surface area contributed by atoms with E-state index >= 15 is 0 Å². The zero-order valence-corrected chi connectivity index (χ0v) is 11.6. The van der Waals surface area contributed by atoms with Gasteiger partial charge in [0.25, 0.3) is 0 Å². The van der Waals surface area contributed by atoms with Gasteiger partial charge in [-0.2, -0.15) is 0 Å². The van der Waals surface area contributed by atoms with Crippen LogP contribution in [-0.2, 0) is 10.0 Å². The molecule has 0 bridgehead atoms. The van der Waals surface area contributed by atoms with Crippen LogP contribution in [0.15, 0.2) is 17.0 Å². The fraction of sp³-hybridized carbons (Fsp3) is 0.455. The molecule has 0 radical (unpaired) electrons. The van der Waals surface area contributed by atoms with E-state index in [1.165, 1.54) is 0 Å². The van der Waals surface area contributed by atoms with E-state index in [2.05, 4.69) is 4.72 Å². The number of nitrogens with zero attached hydrogens (tertiary/aromatic N) is 1. The number of benzene rings is 1. The van der Waals surface area contributed by atoms with Gasteiger partial charge in [0.2, 0.25) is 10.0 Å². The van der Waals surface area contributed by atoms with Crippen molar-refractivity contribution in [1.82, 2.24) is 9.62 Å². The highest BCUT2D eigenvalue weighted by Gasteiger charge is 2.20. The van der Waals surface area contributed by atoms with Crippen molar-refractivity contribution in [3.05, 3.63) is 23.8 Å². The first kappa shape index (κ1) is 15.8. The topological polar surface area (TPSA) is 75.4 Å². The second kappa shape index (κ2) is 6.27. The predicted octanol–water partition coefficient (Wildman–Crippen LogP) is 0.777. The lowest BCUT2D eigenvalue weighted by Crippen LogP contribution is -2.28. The number of halogens is 2. The Morgan fingerprint density at radius 1 is 1.26 bits per heavy atom. The maximum atomic E-state index is 13.4. The highest BCUT2D eigenvalue weighted by atomic mass is 32.2. The van der Waals surface area contributed by atoms with E-state index < -0.39 is 32.2 Å². The predicted molar refractivity (Wildman–Crippen MR) is 69.1 cm³/mol. The van der Waals surface area contributed by atoms with Gasteiger partial charge < -0.3 is 10.6 Å². The fourth-order valence-corrected chi connectivity index (χ4v) is 2.60. The van der Waals surface area contributed by atoms with Crippen LogP contribution in [0.4, 0.5) is 14.5 Å². The van der Waals surface area contributed by atoms with Gasteiger partial charge in [0, 0.05) is 12.6 Å². The van der Waals surface area contributed by atoms with E-state index in [-0.39, 0.29) is 6.54 Å². The molecule has 0 heterocycles. The molecule has 0 saturated carbocycles. The molecule has 0 spiro atoms. The van der Waals surface area contributed by atoms with E-state index in [9.17, 15) is 17.2 Å². The highest BCUT2D eigenvalue weighted by molar-refractivity contribution is 7.89. The number of hydrogen-bond donors (Lipinski definition) is 2. The molecule has 1 aromatic carbocycles. The summed E-state index contributed by atoms with van der Waals surface area (Å²) >= 11 is 0. The van der Waals surface area contributed by atoms with Crippen molar-refractivity contribution < 1.29 is 17.2 Å². The summed E-state index contributed by atoms with van der Waals surface area (Å²) in [5.41, 5.74) is 4.83. The number of hydrogen-bond acceptors (Lipinski definition) is 4. The molecule has 3 N–H and O–H groups in total. The van der Waals surface area contributed by atoms with Crippen LogP contribution in [0.1, 0.15) is 6.42 Å². The normalized spacial score (nSPS) is 12.1. The summed E-state index contributed by atoms with van der Waals surface area (Å²) in [6, 6.07) is 1.24. The summed E-state index contributed by atoms with van der Waals surface area (Å²) in [4.78, 5) is 1.25. The van der Waals surface area contributed by atoms with Crippen LogP contribution < -0.4 is 10.5 Å². The third-order valence-electron chi connectivity index (χ3n) is 2.41. The number of nitrogens with one attached hydrogen (secondary N) is 1. The number of rotatable bonds is 6. The van der Waals surface area contributed by atoms with E-state index in [0.717, 1.165) is 6.07 Å². The van der Waals surface area contributed by atoms with Gasteiger partial charge in [-0.05, 0) is 33.1 Å².